The Morgan fingerprint density at radius 3 is 2.80 bits per heavy atom. The maximum atomic E-state index is 15.4. The summed E-state index contributed by atoms with van der Waals surface area (Å²) < 4.78 is 21.5. The van der Waals surface area contributed by atoms with Crippen LogP contribution in [0.15, 0.2) is 30.6 Å². The van der Waals surface area contributed by atoms with Gasteiger partial charge in [0, 0.05) is 23.7 Å². The van der Waals surface area contributed by atoms with Gasteiger partial charge in [-0.15, -0.1) is 5.10 Å². The van der Waals surface area contributed by atoms with Gasteiger partial charge in [-0.25, -0.2) is 4.39 Å². The Morgan fingerprint density at radius 1 is 1.27 bits per heavy atom. The van der Waals surface area contributed by atoms with Gasteiger partial charge in [0.15, 0.2) is 11.2 Å². The van der Waals surface area contributed by atoms with Crippen LogP contribution >= 0.6 is 11.3 Å². The van der Waals surface area contributed by atoms with Crippen LogP contribution in [0.25, 0.3) is 21.7 Å². The van der Waals surface area contributed by atoms with Crippen molar-refractivity contribution in [1.29, 1.82) is 0 Å². The molecule has 2 aliphatic heterocycles. The number of aromatic nitrogens is 4. The van der Waals surface area contributed by atoms with Crippen LogP contribution in [-0.2, 0) is 0 Å². The normalized spacial score (nSPS) is 31.2. The van der Waals surface area contributed by atoms with Crippen LogP contribution in [0.1, 0.15) is 26.7 Å². The third kappa shape index (κ3) is 2.91. The molecule has 3 aliphatic rings. The lowest BCUT2D eigenvalue weighted by Gasteiger charge is -2.60. The number of fused-ring (bicyclic) bond motifs is 3. The van der Waals surface area contributed by atoms with Gasteiger partial charge in [0.1, 0.15) is 11.9 Å². The molecule has 6 rings (SSSR count). The van der Waals surface area contributed by atoms with Crippen LogP contribution < -0.4 is 4.74 Å². The highest BCUT2D eigenvalue weighted by atomic mass is 32.1. The molecule has 7 nitrogen and oxygen atoms in total. The van der Waals surface area contributed by atoms with Crippen LogP contribution in [0.5, 0.6) is 10.9 Å². The minimum absolute atomic E-state index is 0.0950. The molecule has 0 spiro atoms. The highest BCUT2D eigenvalue weighted by molar-refractivity contribution is 7.16. The Kier molecular flexibility index (Phi) is 4.37. The van der Waals surface area contributed by atoms with Crippen molar-refractivity contribution in [2.45, 2.75) is 44.5 Å². The van der Waals surface area contributed by atoms with Crippen LogP contribution in [0, 0.1) is 5.41 Å². The fourth-order valence-electron chi connectivity index (χ4n) is 4.77. The lowest BCUT2D eigenvalue weighted by molar-refractivity contribution is -0.176. The molecule has 4 heterocycles. The number of nitrogens with zero attached hydrogens (tertiary/aromatic N) is 4. The molecule has 4 atom stereocenters. The zero-order valence-corrected chi connectivity index (χ0v) is 17.9. The van der Waals surface area contributed by atoms with E-state index in [4.69, 9.17) is 4.74 Å². The number of hydrogen-bond acceptors (Lipinski definition) is 7. The topological polar surface area (TPSA) is 87.2 Å². The Bertz CT molecular complexity index is 1070. The minimum atomic E-state index is -1.11. The quantitative estimate of drug-likeness (QED) is 0.654. The van der Waals surface area contributed by atoms with Crippen molar-refractivity contribution in [2.75, 3.05) is 13.6 Å². The molecule has 0 amide bonds. The molecule has 9 heteroatoms. The van der Waals surface area contributed by atoms with E-state index < -0.39 is 17.8 Å². The van der Waals surface area contributed by atoms with Gasteiger partial charge in [0.05, 0.1) is 17.3 Å². The lowest BCUT2D eigenvalue weighted by atomic mass is 9.60. The molecule has 1 aromatic carbocycles. The molecule has 1 aliphatic carbocycles. The first-order chi connectivity index (χ1) is 14.3. The summed E-state index contributed by atoms with van der Waals surface area (Å²) in [5.74, 6) is 0.0950. The Balaban J connectivity index is 1.39. The average molecular weight is 430 g/mol. The molecule has 158 valence electrons. The largest absolute Gasteiger partial charge is 0.507 e. The summed E-state index contributed by atoms with van der Waals surface area (Å²) in [7, 11) is 1.99. The number of piperidine rings is 2. The zero-order valence-electron chi connectivity index (χ0n) is 17.1. The minimum Gasteiger partial charge on any atom is -0.507 e. The Labute approximate surface area is 177 Å². The standard InChI is InChI=1S/C21H24FN5O2S/c1-20-6-7-21(2,27(3)11-20)16(22)17(20)29-19-26-25-18(30-19)14-5-4-12(8-15(14)28)13-9-23-24-10-13/h4-5,8-10,16-17,28H,6-7,11H2,1-3H3,(H,23,24)/t16?,17-,20+,21+/m1/s1. The van der Waals surface area contributed by atoms with Crippen molar-refractivity contribution in [3.63, 3.8) is 0 Å². The first kappa shape index (κ1) is 19.4. The number of nitrogens with one attached hydrogen (secondary N) is 1. The third-order valence-corrected chi connectivity index (χ3v) is 7.76. The van der Waals surface area contributed by atoms with Crippen molar-refractivity contribution >= 4 is 11.3 Å². The van der Waals surface area contributed by atoms with Crippen molar-refractivity contribution < 1.29 is 14.2 Å². The molecule has 0 radical (unpaired) electrons. The Morgan fingerprint density at radius 2 is 2.10 bits per heavy atom. The molecule has 30 heavy (non-hydrogen) atoms. The van der Waals surface area contributed by atoms with Crippen LogP contribution in [0.4, 0.5) is 4.39 Å². The van der Waals surface area contributed by atoms with E-state index in [1.165, 1.54) is 11.3 Å². The number of aromatic amines is 1. The summed E-state index contributed by atoms with van der Waals surface area (Å²) in [5.41, 5.74) is 1.50. The number of hydrogen-bond donors (Lipinski definition) is 2. The predicted octanol–water partition coefficient (Wildman–Crippen LogP) is 3.89. The van der Waals surface area contributed by atoms with Gasteiger partial charge >= 0.3 is 0 Å². The van der Waals surface area contributed by atoms with Gasteiger partial charge in [0.2, 0.25) is 0 Å². The first-order valence-corrected chi connectivity index (χ1v) is 10.8. The molecule has 2 aromatic heterocycles. The first-order valence-electron chi connectivity index (χ1n) is 9.98. The number of aromatic hydroxyl groups is 1. The van der Waals surface area contributed by atoms with Gasteiger partial charge in [0.25, 0.3) is 5.19 Å². The van der Waals surface area contributed by atoms with E-state index in [0.717, 1.165) is 30.5 Å². The number of ether oxygens (including phenoxy) is 1. The highest BCUT2D eigenvalue weighted by Gasteiger charge is 2.61. The summed E-state index contributed by atoms with van der Waals surface area (Å²) >= 11 is 1.22. The molecule has 3 aromatic rings. The maximum Gasteiger partial charge on any atom is 0.294 e. The second kappa shape index (κ2) is 6.75. The molecule has 2 bridgehead atoms. The van der Waals surface area contributed by atoms with Gasteiger partial charge in [-0.3, -0.25) is 10.00 Å². The van der Waals surface area contributed by atoms with Crippen molar-refractivity contribution in [3.8, 4) is 32.6 Å². The summed E-state index contributed by atoms with van der Waals surface area (Å²) in [5, 5.41) is 26.4. The van der Waals surface area contributed by atoms with E-state index in [-0.39, 0.29) is 11.2 Å². The monoisotopic (exact) mass is 429 g/mol. The molecule has 3 fully saturated rings. The van der Waals surface area contributed by atoms with Crippen molar-refractivity contribution in [1.82, 2.24) is 25.3 Å². The highest BCUT2D eigenvalue weighted by Crippen LogP contribution is 2.52. The van der Waals surface area contributed by atoms with E-state index in [1.807, 2.05) is 20.0 Å². The number of phenols is 1. The number of rotatable bonds is 4. The van der Waals surface area contributed by atoms with Crippen LogP contribution in [0.2, 0.25) is 0 Å². The van der Waals surface area contributed by atoms with E-state index in [9.17, 15) is 5.11 Å². The fourth-order valence-corrected chi connectivity index (χ4v) is 5.53. The van der Waals surface area contributed by atoms with Gasteiger partial charge in [-0.1, -0.05) is 29.4 Å². The summed E-state index contributed by atoms with van der Waals surface area (Å²) in [6.45, 7) is 4.84. The number of alkyl halides is 1. The van der Waals surface area contributed by atoms with Gasteiger partial charge < -0.3 is 9.84 Å². The van der Waals surface area contributed by atoms with Crippen molar-refractivity contribution in [3.05, 3.63) is 30.6 Å². The van der Waals surface area contributed by atoms with E-state index >= 15 is 4.39 Å². The number of benzene rings is 1. The predicted molar refractivity (Wildman–Crippen MR) is 112 cm³/mol. The summed E-state index contributed by atoms with van der Waals surface area (Å²) in [6, 6.07) is 5.34. The number of H-pyrrole nitrogens is 1. The van der Waals surface area contributed by atoms with Gasteiger partial charge in [-0.05, 0) is 44.5 Å². The molecular weight excluding hydrogens is 405 g/mol. The van der Waals surface area contributed by atoms with E-state index in [2.05, 4.69) is 32.2 Å². The fraction of sp³-hybridized carbons (Fsp3) is 0.476. The van der Waals surface area contributed by atoms with Crippen LogP contribution in [-0.4, -0.2) is 61.8 Å². The average Bonchev–Trinajstić information content (AvgIpc) is 3.40. The van der Waals surface area contributed by atoms with Crippen LogP contribution in [0.3, 0.4) is 0 Å². The second-order valence-corrected chi connectivity index (χ2v) is 9.84. The number of halogens is 1. The molecule has 1 unspecified atom stereocenters. The van der Waals surface area contributed by atoms with Crippen molar-refractivity contribution in [2.24, 2.45) is 5.41 Å². The third-order valence-electron chi connectivity index (χ3n) is 6.91. The van der Waals surface area contributed by atoms with Gasteiger partial charge in [-0.2, -0.15) is 5.10 Å². The summed E-state index contributed by atoms with van der Waals surface area (Å²) in [4.78, 5) is 2.12. The summed E-state index contributed by atoms with van der Waals surface area (Å²) in [6.07, 6.45) is 3.51. The maximum absolute atomic E-state index is 15.4. The second-order valence-electron chi connectivity index (χ2n) is 8.90. The molecule has 2 N–H and O–H groups in total. The SMILES string of the molecule is CN1C[C@]2(C)CC[C@@]1(C)C(F)[C@H]2Oc1nnc(-c2ccc(-c3cn[nH]c3)cc2O)s1. The van der Waals surface area contributed by atoms with E-state index in [0.29, 0.717) is 15.8 Å². The lowest BCUT2D eigenvalue weighted by Crippen LogP contribution is -2.72. The smallest absolute Gasteiger partial charge is 0.294 e. The molecular formula is C21H24FN5O2S. The zero-order chi connectivity index (χ0) is 21.1. The Hall–Kier alpha value is -2.52. The molecule has 2 saturated heterocycles. The number of phenolic OH excluding ortho intramolecular Hbond substituents is 1. The molecule has 1 saturated carbocycles. The van der Waals surface area contributed by atoms with E-state index in [1.54, 1.807) is 24.5 Å².